The summed E-state index contributed by atoms with van der Waals surface area (Å²) in [4.78, 5) is 0. The van der Waals surface area contributed by atoms with Crippen molar-refractivity contribution < 1.29 is 12.6 Å². The summed E-state index contributed by atoms with van der Waals surface area (Å²) in [5.74, 6) is 0.508. The van der Waals surface area contributed by atoms with Crippen LogP contribution in [0, 0.1) is 0 Å². The van der Waals surface area contributed by atoms with Gasteiger partial charge in [0.25, 0.3) is 11.0 Å². The zero-order chi connectivity index (χ0) is 13.4. The summed E-state index contributed by atoms with van der Waals surface area (Å²) in [6.07, 6.45) is 6.20. The second-order valence-electron chi connectivity index (χ2n) is 4.46. The van der Waals surface area contributed by atoms with Crippen LogP contribution in [-0.4, -0.2) is 8.42 Å². The Balaban J connectivity index is 2.88. The first-order valence-electron chi connectivity index (χ1n) is 6.61. The molecule has 1 rings (SSSR count). The van der Waals surface area contributed by atoms with Crippen molar-refractivity contribution in [3.63, 3.8) is 0 Å². The third kappa shape index (κ3) is 5.08. The van der Waals surface area contributed by atoms with Gasteiger partial charge in [-0.25, -0.2) is 0 Å². The van der Waals surface area contributed by atoms with Crippen LogP contribution in [0.3, 0.4) is 0 Å². The first-order chi connectivity index (χ1) is 8.67. The molecule has 1 aromatic rings. The molecule has 0 saturated carbocycles. The maximum absolute atomic E-state index is 10.7. The summed E-state index contributed by atoms with van der Waals surface area (Å²) in [5, 5.41) is 0. The molecule has 0 aliphatic rings. The highest BCUT2D eigenvalue weighted by molar-refractivity contribution is 7.67. The normalized spacial score (nSPS) is 10.8. The van der Waals surface area contributed by atoms with Crippen molar-refractivity contribution in [1.29, 1.82) is 0 Å². The Morgan fingerprint density at radius 3 is 2.33 bits per heavy atom. The van der Waals surface area contributed by atoms with Gasteiger partial charge in [0.1, 0.15) is 5.75 Å². The fourth-order valence-corrected chi connectivity index (χ4v) is 2.20. The highest BCUT2D eigenvalue weighted by Gasteiger charge is 2.06. The Labute approximate surface area is 111 Å². The summed E-state index contributed by atoms with van der Waals surface area (Å²) in [6, 6.07) is 5.94. The van der Waals surface area contributed by atoms with Crippen LogP contribution in [0.2, 0.25) is 0 Å². The van der Waals surface area contributed by atoms with E-state index in [0.717, 1.165) is 49.7 Å². The molecule has 0 atom stereocenters. The quantitative estimate of drug-likeness (QED) is 0.737. The number of hydrogen-bond donors (Lipinski definition) is 1. The number of benzene rings is 1. The lowest BCUT2D eigenvalue weighted by Crippen LogP contribution is -1.98. The van der Waals surface area contributed by atoms with Gasteiger partial charge in [-0.05, 0) is 42.9 Å². The van der Waals surface area contributed by atoms with E-state index in [0.29, 0.717) is 5.75 Å². The van der Waals surface area contributed by atoms with Crippen molar-refractivity contribution in [3.8, 4) is 5.75 Å². The van der Waals surface area contributed by atoms with Gasteiger partial charge in [0.2, 0.25) is 0 Å². The van der Waals surface area contributed by atoms with Crippen LogP contribution in [0.25, 0.3) is 0 Å². The van der Waals surface area contributed by atoms with Gasteiger partial charge in [0.05, 0.1) is 0 Å². The lowest BCUT2D eigenvalue weighted by Gasteiger charge is -2.09. The van der Waals surface area contributed by atoms with Crippen molar-refractivity contribution in [2.24, 2.45) is 0 Å². The van der Waals surface area contributed by atoms with Crippen LogP contribution in [0.15, 0.2) is 18.2 Å². The Hall–Kier alpha value is -1.03. The van der Waals surface area contributed by atoms with E-state index in [-0.39, 0.29) is 0 Å². The van der Waals surface area contributed by atoms with Crippen LogP contribution >= 0.6 is 0 Å². The third-order valence-electron chi connectivity index (χ3n) is 2.92. The first-order valence-corrected chi connectivity index (χ1v) is 7.71. The molecule has 0 spiro atoms. The molecular formula is C14H22O3S. The molecule has 0 N–H and O–H groups in total. The second kappa shape index (κ2) is 8.14. The lowest BCUT2D eigenvalue weighted by molar-refractivity contribution is 0.506. The summed E-state index contributed by atoms with van der Waals surface area (Å²) in [7, 11) is -2.83. The minimum atomic E-state index is -2.83. The minimum absolute atomic E-state index is 0.508. The molecule has 0 aliphatic carbocycles. The molecule has 18 heavy (non-hydrogen) atoms. The highest BCUT2D eigenvalue weighted by atomic mass is 32.2. The lowest BCUT2D eigenvalue weighted by atomic mass is 10.0. The van der Waals surface area contributed by atoms with Gasteiger partial charge in [-0.3, -0.25) is 0 Å². The second-order valence-corrected chi connectivity index (χ2v) is 5.09. The summed E-state index contributed by atoms with van der Waals surface area (Å²) < 4.78 is 26.4. The molecule has 4 heteroatoms. The van der Waals surface area contributed by atoms with Crippen molar-refractivity contribution >= 4 is 11.0 Å². The maximum atomic E-state index is 10.7. The predicted molar refractivity (Wildman–Crippen MR) is 74.6 cm³/mol. The monoisotopic (exact) mass is 270 g/mol. The average Bonchev–Trinajstić information content (AvgIpc) is 2.34. The molecule has 0 radical (unpaired) electrons. The van der Waals surface area contributed by atoms with Crippen LogP contribution in [0.5, 0.6) is 5.75 Å². The van der Waals surface area contributed by atoms with E-state index >= 15 is 0 Å². The van der Waals surface area contributed by atoms with Crippen molar-refractivity contribution in [1.82, 2.24) is 0 Å². The van der Waals surface area contributed by atoms with Gasteiger partial charge < -0.3 is 4.18 Å². The first kappa shape index (κ1) is 15.0. The van der Waals surface area contributed by atoms with Gasteiger partial charge in [0.15, 0.2) is 0 Å². The molecule has 102 valence electrons. The van der Waals surface area contributed by atoms with Gasteiger partial charge in [-0.2, -0.15) is 8.42 Å². The molecule has 3 nitrogen and oxygen atoms in total. The Kier molecular flexibility index (Phi) is 6.80. The van der Waals surface area contributed by atoms with Crippen molar-refractivity contribution in [2.75, 3.05) is 0 Å². The van der Waals surface area contributed by atoms with E-state index in [2.05, 4.69) is 19.9 Å². The Morgan fingerprint density at radius 2 is 1.72 bits per heavy atom. The molecule has 0 saturated heterocycles. The molecule has 1 aromatic carbocycles. The number of hydrogen-bond acceptors (Lipinski definition) is 3. The third-order valence-corrected chi connectivity index (χ3v) is 3.27. The van der Waals surface area contributed by atoms with E-state index in [9.17, 15) is 8.42 Å². The molecule has 0 heterocycles. The van der Waals surface area contributed by atoms with Gasteiger partial charge in [-0.15, -0.1) is 0 Å². The van der Waals surface area contributed by atoms with Crippen molar-refractivity contribution in [3.05, 3.63) is 29.3 Å². The van der Waals surface area contributed by atoms with Gasteiger partial charge >= 0.3 is 0 Å². The maximum Gasteiger partial charge on any atom is 0.299 e. The van der Waals surface area contributed by atoms with Crippen LogP contribution in [0.4, 0.5) is 0 Å². The SMILES string of the molecule is CCCCc1ccc(CCCC)c(O[SH](=O)=O)c1. The zero-order valence-electron chi connectivity index (χ0n) is 11.1. The van der Waals surface area contributed by atoms with E-state index in [1.165, 1.54) is 0 Å². The smallest absolute Gasteiger partial charge is 0.299 e. The number of rotatable bonds is 8. The topological polar surface area (TPSA) is 43.4 Å². The van der Waals surface area contributed by atoms with Gasteiger partial charge in [0, 0.05) is 0 Å². The average molecular weight is 270 g/mol. The zero-order valence-corrected chi connectivity index (χ0v) is 12.0. The molecule has 0 fully saturated rings. The predicted octanol–water partition coefficient (Wildman–Crippen LogP) is 3.28. The van der Waals surface area contributed by atoms with Gasteiger partial charge in [-0.1, -0.05) is 38.8 Å². The summed E-state index contributed by atoms with van der Waals surface area (Å²) in [6.45, 7) is 4.26. The van der Waals surface area contributed by atoms with E-state index < -0.39 is 11.0 Å². The molecule has 0 unspecified atom stereocenters. The van der Waals surface area contributed by atoms with Crippen LogP contribution < -0.4 is 4.18 Å². The fourth-order valence-electron chi connectivity index (χ4n) is 1.87. The minimum Gasteiger partial charge on any atom is -0.384 e. The standard InChI is InChI=1S/C14H22O3S/c1-3-5-7-12-9-10-13(8-6-4-2)14(11-12)17-18(15)16/h9-11,18H,3-8H2,1-2H3. The number of unbranched alkanes of at least 4 members (excludes halogenated alkanes) is 2. The largest absolute Gasteiger partial charge is 0.384 e. The molecule has 0 bridgehead atoms. The summed E-state index contributed by atoms with van der Waals surface area (Å²) in [5.41, 5.74) is 2.13. The van der Waals surface area contributed by atoms with E-state index in [4.69, 9.17) is 4.18 Å². The number of aryl methyl sites for hydroxylation is 2. The molecular weight excluding hydrogens is 248 g/mol. The number of thiol groups is 1. The van der Waals surface area contributed by atoms with Crippen LogP contribution in [0.1, 0.15) is 50.7 Å². The Bertz CT molecular complexity index is 431. The Morgan fingerprint density at radius 1 is 1.06 bits per heavy atom. The van der Waals surface area contributed by atoms with Crippen molar-refractivity contribution in [2.45, 2.75) is 52.4 Å². The van der Waals surface area contributed by atoms with E-state index in [1.807, 2.05) is 12.1 Å². The molecule has 0 aliphatic heterocycles. The fraction of sp³-hybridized carbons (Fsp3) is 0.571. The molecule has 0 amide bonds. The highest BCUT2D eigenvalue weighted by Crippen LogP contribution is 2.23. The van der Waals surface area contributed by atoms with Crippen LogP contribution in [-0.2, 0) is 23.8 Å². The van der Waals surface area contributed by atoms with E-state index in [1.54, 1.807) is 0 Å². The molecule has 0 aromatic heterocycles. The summed E-state index contributed by atoms with van der Waals surface area (Å²) >= 11 is 0.